The van der Waals surface area contributed by atoms with E-state index in [1.165, 1.54) is 173 Å². The van der Waals surface area contributed by atoms with Crippen LogP contribution in [0.15, 0.2) is 0 Å². The molecule has 1 N–H and O–H groups in total. The molecule has 0 aromatic heterocycles. The van der Waals surface area contributed by atoms with E-state index in [1.54, 1.807) is 0 Å². The van der Waals surface area contributed by atoms with Gasteiger partial charge in [0.2, 0.25) is 0 Å². The summed E-state index contributed by atoms with van der Waals surface area (Å²) in [6.07, 6.45) is 40.1. The molecular formula is C30H62OSi. The summed E-state index contributed by atoms with van der Waals surface area (Å²) in [6, 6.07) is 0. The first-order valence-corrected chi connectivity index (χ1v) is 15.0. The van der Waals surface area contributed by atoms with Gasteiger partial charge in [-0.15, -0.1) is 0 Å². The molecule has 0 aliphatic heterocycles. The van der Waals surface area contributed by atoms with Crippen molar-refractivity contribution < 1.29 is 5.11 Å². The van der Waals surface area contributed by atoms with Crippen molar-refractivity contribution in [3.63, 3.8) is 0 Å². The Balaban J connectivity index is 0. The van der Waals surface area contributed by atoms with Gasteiger partial charge in [-0.3, -0.25) is 0 Å². The zero-order chi connectivity index (χ0) is 22.5. The molecule has 32 heavy (non-hydrogen) atoms. The van der Waals surface area contributed by atoms with Gasteiger partial charge >= 0.3 is 0 Å². The molecule has 0 aromatic carbocycles. The van der Waals surface area contributed by atoms with Crippen molar-refractivity contribution in [1.29, 1.82) is 0 Å². The molecular weight excluding hydrogens is 404 g/mol. The molecule has 0 amide bonds. The van der Waals surface area contributed by atoms with Gasteiger partial charge < -0.3 is 5.11 Å². The summed E-state index contributed by atoms with van der Waals surface area (Å²) in [5.74, 6) is 0. The van der Waals surface area contributed by atoms with Gasteiger partial charge in [0.05, 0.1) is 0 Å². The van der Waals surface area contributed by atoms with Crippen LogP contribution in [0.3, 0.4) is 0 Å². The smallest absolute Gasteiger partial charge is 0.0431 e. The molecule has 0 aliphatic rings. The van der Waals surface area contributed by atoms with Crippen LogP contribution < -0.4 is 0 Å². The lowest BCUT2D eigenvalue weighted by atomic mass is 10.0. The fourth-order valence-corrected chi connectivity index (χ4v) is 4.78. The SMILES string of the molecule is CCCCCCCCCCCCCCCCCCCCCCCCCCCCCCO.[Si]. The summed E-state index contributed by atoms with van der Waals surface area (Å²) in [6.45, 7) is 2.68. The Hall–Kier alpha value is 0.177. The van der Waals surface area contributed by atoms with Crippen molar-refractivity contribution in [2.45, 2.75) is 187 Å². The van der Waals surface area contributed by atoms with Gasteiger partial charge in [-0.1, -0.05) is 180 Å². The van der Waals surface area contributed by atoms with Gasteiger partial charge in [-0.05, 0) is 6.42 Å². The highest BCUT2D eigenvalue weighted by atomic mass is 28.1. The standard InChI is InChI=1S/C30H62O.Si/c1-2-3-4-5-6-7-8-9-10-11-12-13-14-15-16-17-18-19-20-21-22-23-24-25-26-27-28-29-30-31;/h31H,2-30H2,1H3;. The molecule has 0 rings (SSSR count). The Kier molecular flexibility index (Phi) is 35.8. The lowest BCUT2D eigenvalue weighted by molar-refractivity contribution is 0.282. The van der Waals surface area contributed by atoms with Crippen LogP contribution >= 0.6 is 0 Å². The predicted molar refractivity (Wildman–Crippen MR) is 148 cm³/mol. The second kappa shape index (κ2) is 33.4. The third-order valence-electron chi connectivity index (χ3n) is 7.01. The summed E-state index contributed by atoms with van der Waals surface area (Å²) >= 11 is 0. The van der Waals surface area contributed by atoms with Gasteiger partial charge in [-0.25, -0.2) is 0 Å². The van der Waals surface area contributed by atoms with Crippen LogP contribution in [0.5, 0.6) is 0 Å². The van der Waals surface area contributed by atoms with Crippen molar-refractivity contribution in [2.24, 2.45) is 0 Å². The van der Waals surface area contributed by atoms with E-state index in [0.717, 1.165) is 6.42 Å². The average Bonchev–Trinajstić information content (AvgIpc) is 2.78. The molecule has 2 heteroatoms. The number of hydrogen-bond acceptors (Lipinski definition) is 1. The minimum Gasteiger partial charge on any atom is -0.396 e. The Labute approximate surface area is 209 Å². The van der Waals surface area contributed by atoms with E-state index in [-0.39, 0.29) is 11.0 Å². The second-order valence-corrected chi connectivity index (χ2v) is 10.3. The molecule has 0 bridgehead atoms. The van der Waals surface area contributed by atoms with Gasteiger partial charge in [0, 0.05) is 17.6 Å². The summed E-state index contributed by atoms with van der Waals surface area (Å²) in [4.78, 5) is 0. The molecule has 192 valence electrons. The van der Waals surface area contributed by atoms with Gasteiger partial charge in [0.25, 0.3) is 0 Å². The van der Waals surface area contributed by atoms with Crippen molar-refractivity contribution in [2.75, 3.05) is 6.61 Å². The van der Waals surface area contributed by atoms with Crippen LogP contribution in [0, 0.1) is 0 Å². The molecule has 0 saturated carbocycles. The summed E-state index contributed by atoms with van der Waals surface area (Å²) in [7, 11) is 0. The van der Waals surface area contributed by atoms with Gasteiger partial charge in [0.15, 0.2) is 0 Å². The highest BCUT2D eigenvalue weighted by Crippen LogP contribution is 2.16. The van der Waals surface area contributed by atoms with E-state index >= 15 is 0 Å². The first-order valence-electron chi connectivity index (χ1n) is 15.0. The molecule has 0 spiro atoms. The summed E-state index contributed by atoms with van der Waals surface area (Å²) in [5, 5.41) is 8.76. The first kappa shape index (κ1) is 34.3. The van der Waals surface area contributed by atoms with Crippen molar-refractivity contribution in [3.05, 3.63) is 0 Å². The minimum atomic E-state index is 0. The van der Waals surface area contributed by atoms with Gasteiger partial charge in [0.1, 0.15) is 0 Å². The molecule has 0 atom stereocenters. The lowest BCUT2D eigenvalue weighted by Crippen LogP contribution is -1.85. The quantitative estimate of drug-likeness (QED) is 0.0897. The number of hydrogen-bond donors (Lipinski definition) is 1. The lowest BCUT2D eigenvalue weighted by Gasteiger charge is -2.04. The highest BCUT2D eigenvalue weighted by molar-refractivity contribution is 5.75. The van der Waals surface area contributed by atoms with Crippen LogP contribution in [0.25, 0.3) is 0 Å². The average molecular weight is 467 g/mol. The van der Waals surface area contributed by atoms with Crippen LogP contribution in [-0.2, 0) is 0 Å². The fourth-order valence-electron chi connectivity index (χ4n) is 4.78. The van der Waals surface area contributed by atoms with Crippen LogP contribution in [-0.4, -0.2) is 22.7 Å². The van der Waals surface area contributed by atoms with Crippen LogP contribution in [0.2, 0.25) is 0 Å². The van der Waals surface area contributed by atoms with Crippen molar-refractivity contribution >= 4 is 11.0 Å². The van der Waals surface area contributed by atoms with Crippen LogP contribution in [0.1, 0.15) is 187 Å². The van der Waals surface area contributed by atoms with Crippen LogP contribution in [0.4, 0.5) is 0 Å². The Morgan fingerprint density at radius 3 is 0.594 bits per heavy atom. The number of rotatable bonds is 28. The molecule has 0 fully saturated rings. The second-order valence-electron chi connectivity index (χ2n) is 10.3. The maximum absolute atomic E-state index is 8.76. The Bertz CT molecular complexity index is 267. The first-order chi connectivity index (χ1) is 15.4. The normalized spacial score (nSPS) is 11.1. The predicted octanol–water partition coefficient (Wildman–Crippen LogP) is 10.5. The maximum atomic E-state index is 8.76. The largest absolute Gasteiger partial charge is 0.396 e. The topological polar surface area (TPSA) is 20.2 Å². The Morgan fingerprint density at radius 1 is 0.281 bits per heavy atom. The van der Waals surface area contributed by atoms with E-state index in [4.69, 9.17) is 5.11 Å². The van der Waals surface area contributed by atoms with Gasteiger partial charge in [-0.2, -0.15) is 0 Å². The molecule has 4 radical (unpaired) electrons. The molecule has 0 unspecified atom stereocenters. The zero-order valence-electron chi connectivity index (χ0n) is 22.5. The van der Waals surface area contributed by atoms with E-state index in [0.29, 0.717) is 6.61 Å². The van der Waals surface area contributed by atoms with E-state index in [2.05, 4.69) is 6.92 Å². The molecule has 0 saturated heterocycles. The number of aliphatic hydroxyl groups is 1. The number of aliphatic hydroxyl groups excluding tert-OH is 1. The summed E-state index contributed by atoms with van der Waals surface area (Å²) in [5.41, 5.74) is 0. The van der Waals surface area contributed by atoms with Crippen molar-refractivity contribution in [3.8, 4) is 0 Å². The van der Waals surface area contributed by atoms with Crippen molar-refractivity contribution in [1.82, 2.24) is 0 Å². The molecule has 1 nitrogen and oxygen atoms in total. The van der Waals surface area contributed by atoms with E-state index in [1.807, 2.05) is 0 Å². The Morgan fingerprint density at radius 2 is 0.438 bits per heavy atom. The maximum Gasteiger partial charge on any atom is 0.0431 e. The minimum absolute atomic E-state index is 0. The monoisotopic (exact) mass is 466 g/mol. The molecule has 0 aromatic rings. The third-order valence-corrected chi connectivity index (χ3v) is 7.01. The fraction of sp³-hybridized carbons (Fsp3) is 1.00. The summed E-state index contributed by atoms with van der Waals surface area (Å²) < 4.78 is 0. The third kappa shape index (κ3) is 32.4. The zero-order valence-corrected chi connectivity index (χ0v) is 23.5. The number of unbranched alkanes of at least 4 members (excludes halogenated alkanes) is 27. The molecule has 0 heterocycles. The highest BCUT2D eigenvalue weighted by Gasteiger charge is 1.96. The molecule has 0 aliphatic carbocycles. The van der Waals surface area contributed by atoms with E-state index < -0.39 is 0 Å². The van der Waals surface area contributed by atoms with E-state index in [9.17, 15) is 0 Å².